The van der Waals surface area contributed by atoms with E-state index >= 15 is 0 Å². The van der Waals surface area contributed by atoms with Gasteiger partial charge < -0.3 is 28.4 Å². The van der Waals surface area contributed by atoms with Gasteiger partial charge in [0.2, 0.25) is 0 Å². The van der Waals surface area contributed by atoms with Crippen LogP contribution in [0, 0.1) is 10.1 Å². The summed E-state index contributed by atoms with van der Waals surface area (Å²) >= 11 is 0. The fourth-order valence-electron chi connectivity index (χ4n) is 1.83. The quantitative estimate of drug-likeness (QED) is 0.362. The Kier molecular flexibility index (Phi) is 3.79. The molecule has 2 aromatic heterocycles. The summed E-state index contributed by atoms with van der Waals surface area (Å²) in [5.74, 6) is 0. The fourth-order valence-corrected chi connectivity index (χ4v) is 1.83. The van der Waals surface area contributed by atoms with Crippen LogP contribution in [-0.2, 0) is 0 Å². The van der Waals surface area contributed by atoms with Crippen LogP contribution in [0.2, 0.25) is 0 Å². The lowest BCUT2D eigenvalue weighted by atomic mass is 10.1. The minimum Gasteiger partial charge on any atom is -1.00 e. The molecule has 0 aliphatic heterocycles. The van der Waals surface area contributed by atoms with Gasteiger partial charge in [-0.2, -0.15) is 0 Å². The summed E-state index contributed by atoms with van der Waals surface area (Å²) in [6.45, 7) is 0. The molecule has 0 saturated heterocycles. The van der Waals surface area contributed by atoms with Crippen LogP contribution in [0.3, 0.4) is 0 Å². The second-order valence-electron chi connectivity index (χ2n) is 3.90. The van der Waals surface area contributed by atoms with Crippen molar-refractivity contribution in [2.75, 3.05) is 0 Å². The Bertz CT molecular complexity index is 689. The average molecular weight is 366 g/mol. The average Bonchev–Trinajstić information content (AvgIpc) is 2.82. The van der Waals surface area contributed by atoms with Crippen LogP contribution in [0.4, 0.5) is 5.69 Å². The summed E-state index contributed by atoms with van der Waals surface area (Å²) in [6.07, 6.45) is 3.81. The van der Waals surface area contributed by atoms with Gasteiger partial charge >= 0.3 is 0 Å². The predicted molar refractivity (Wildman–Crippen MR) is 67.3 cm³/mol. The van der Waals surface area contributed by atoms with E-state index in [4.69, 9.17) is 0 Å². The van der Waals surface area contributed by atoms with Crippen molar-refractivity contribution in [2.24, 2.45) is 0 Å². The Morgan fingerprint density at radius 3 is 2.47 bits per heavy atom. The van der Waals surface area contributed by atoms with Crippen molar-refractivity contribution >= 4 is 11.3 Å². The van der Waals surface area contributed by atoms with E-state index in [2.05, 4.69) is 4.98 Å². The molecule has 0 amide bonds. The Balaban J connectivity index is 0.00000133. The first-order valence-corrected chi connectivity index (χ1v) is 5.42. The minimum atomic E-state index is -0.409. The van der Waals surface area contributed by atoms with E-state index in [1.165, 1.54) is 12.1 Å². The zero-order valence-electron chi connectivity index (χ0n) is 9.73. The molecule has 1 aromatic carbocycles. The zero-order chi connectivity index (χ0) is 12.5. The molecule has 0 bridgehead atoms. The number of hydrogen-bond acceptors (Lipinski definition) is 3. The molecule has 0 radical (unpaired) electrons. The zero-order valence-corrected chi connectivity index (χ0v) is 11.9. The molecule has 0 aliphatic carbocycles. The van der Waals surface area contributed by atoms with Crippen molar-refractivity contribution in [3.63, 3.8) is 0 Å². The number of non-ortho nitro benzene ring substituents is 1. The standard InChI is InChI=1S/C13H9N3O2.HI/c17-16(18)11-6-4-10(5-7-11)12-9-15-8-2-1-3-13(15)14-12;/h1-9H;1H/p-1. The van der Waals surface area contributed by atoms with Gasteiger partial charge in [-0.25, -0.2) is 4.98 Å². The molecular formula is C13H9IN3O2-. The van der Waals surface area contributed by atoms with Crippen LogP contribution in [0.25, 0.3) is 16.9 Å². The van der Waals surface area contributed by atoms with E-state index in [-0.39, 0.29) is 29.7 Å². The van der Waals surface area contributed by atoms with E-state index < -0.39 is 4.92 Å². The number of aromatic nitrogens is 2. The van der Waals surface area contributed by atoms with Gasteiger partial charge in [0.1, 0.15) is 5.65 Å². The van der Waals surface area contributed by atoms with Crippen LogP contribution in [0.5, 0.6) is 0 Å². The number of benzene rings is 1. The molecule has 0 unspecified atom stereocenters. The maximum absolute atomic E-state index is 10.6. The molecular weight excluding hydrogens is 357 g/mol. The number of halogens is 1. The van der Waals surface area contributed by atoms with Crippen molar-refractivity contribution in [2.45, 2.75) is 0 Å². The molecule has 19 heavy (non-hydrogen) atoms. The highest BCUT2D eigenvalue weighted by Gasteiger charge is 2.07. The monoisotopic (exact) mass is 366 g/mol. The van der Waals surface area contributed by atoms with E-state index in [0.29, 0.717) is 0 Å². The Morgan fingerprint density at radius 2 is 1.84 bits per heavy atom. The third-order valence-corrected chi connectivity index (χ3v) is 2.74. The van der Waals surface area contributed by atoms with Crippen LogP contribution >= 0.6 is 0 Å². The number of fused-ring (bicyclic) bond motifs is 1. The van der Waals surface area contributed by atoms with Gasteiger partial charge in [0.25, 0.3) is 5.69 Å². The van der Waals surface area contributed by atoms with Crippen LogP contribution in [0.1, 0.15) is 0 Å². The van der Waals surface area contributed by atoms with Crippen molar-refractivity contribution in [1.29, 1.82) is 0 Å². The van der Waals surface area contributed by atoms with Crippen molar-refractivity contribution in [3.8, 4) is 11.3 Å². The number of imidazole rings is 1. The molecule has 0 fully saturated rings. The van der Waals surface area contributed by atoms with Crippen LogP contribution in [0.15, 0.2) is 54.9 Å². The van der Waals surface area contributed by atoms with Gasteiger partial charge in [-0.15, -0.1) is 0 Å². The first-order valence-electron chi connectivity index (χ1n) is 5.42. The predicted octanol–water partition coefficient (Wildman–Crippen LogP) is -0.0865. The molecule has 0 N–H and O–H groups in total. The molecule has 0 spiro atoms. The molecule has 6 heteroatoms. The molecule has 0 atom stereocenters. The summed E-state index contributed by atoms with van der Waals surface area (Å²) in [5, 5.41) is 10.6. The lowest BCUT2D eigenvalue weighted by Crippen LogP contribution is -3.00. The van der Waals surface area contributed by atoms with E-state index in [0.717, 1.165) is 16.9 Å². The summed E-state index contributed by atoms with van der Waals surface area (Å²) in [7, 11) is 0. The van der Waals surface area contributed by atoms with E-state index in [1.807, 2.05) is 35.0 Å². The van der Waals surface area contributed by atoms with Gasteiger partial charge in [-0.05, 0) is 24.3 Å². The lowest BCUT2D eigenvalue weighted by molar-refractivity contribution is -0.384. The van der Waals surface area contributed by atoms with Gasteiger partial charge in [-0.1, -0.05) is 6.07 Å². The molecule has 0 saturated carbocycles. The highest BCUT2D eigenvalue weighted by atomic mass is 127. The molecule has 3 aromatic rings. The van der Waals surface area contributed by atoms with E-state index in [1.54, 1.807) is 12.1 Å². The topological polar surface area (TPSA) is 60.4 Å². The summed E-state index contributed by atoms with van der Waals surface area (Å²) in [5.41, 5.74) is 2.61. The van der Waals surface area contributed by atoms with Crippen molar-refractivity contribution in [1.82, 2.24) is 9.38 Å². The smallest absolute Gasteiger partial charge is 0.269 e. The number of pyridine rings is 1. The first kappa shape index (κ1) is 13.5. The molecule has 2 heterocycles. The molecule has 96 valence electrons. The van der Waals surface area contributed by atoms with Crippen LogP contribution < -0.4 is 24.0 Å². The number of hydrogen-bond donors (Lipinski definition) is 0. The number of nitro benzene ring substituents is 1. The number of rotatable bonds is 2. The van der Waals surface area contributed by atoms with Gasteiger partial charge in [0.15, 0.2) is 0 Å². The SMILES string of the molecule is O=[N+]([O-])c1ccc(-c2cn3ccccc3n2)cc1.[I-]. The Hall–Kier alpha value is -1.96. The summed E-state index contributed by atoms with van der Waals surface area (Å²) < 4.78 is 1.91. The Labute approximate surface area is 126 Å². The van der Waals surface area contributed by atoms with Gasteiger partial charge in [-0.3, -0.25) is 10.1 Å². The van der Waals surface area contributed by atoms with Crippen LogP contribution in [-0.4, -0.2) is 14.3 Å². The Morgan fingerprint density at radius 1 is 1.11 bits per heavy atom. The normalized spacial score (nSPS) is 10.1. The number of nitro groups is 1. The largest absolute Gasteiger partial charge is 1.00 e. The van der Waals surface area contributed by atoms with Gasteiger partial charge in [0, 0.05) is 30.1 Å². The molecule has 3 rings (SSSR count). The fraction of sp³-hybridized carbons (Fsp3) is 0. The van der Waals surface area contributed by atoms with Crippen molar-refractivity contribution < 1.29 is 28.9 Å². The third kappa shape index (κ3) is 2.58. The van der Waals surface area contributed by atoms with Crippen molar-refractivity contribution in [3.05, 3.63) is 65.0 Å². The highest BCUT2D eigenvalue weighted by Crippen LogP contribution is 2.21. The second kappa shape index (κ2) is 5.35. The second-order valence-corrected chi connectivity index (χ2v) is 3.90. The maximum Gasteiger partial charge on any atom is 0.269 e. The van der Waals surface area contributed by atoms with E-state index in [9.17, 15) is 10.1 Å². The molecule has 5 nitrogen and oxygen atoms in total. The number of nitrogens with zero attached hydrogens (tertiary/aromatic N) is 3. The minimum absolute atomic E-state index is 0. The third-order valence-electron chi connectivity index (χ3n) is 2.74. The summed E-state index contributed by atoms with van der Waals surface area (Å²) in [4.78, 5) is 14.6. The molecule has 0 aliphatic rings. The summed E-state index contributed by atoms with van der Waals surface area (Å²) in [6, 6.07) is 12.1. The first-order chi connectivity index (χ1) is 8.74. The lowest BCUT2D eigenvalue weighted by Gasteiger charge is -1.95. The highest BCUT2D eigenvalue weighted by molar-refractivity contribution is 5.63. The maximum atomic E-state index is 10.6. The van der Waals surface area contributed by atoms with Gasteiger partial charge in [0.05, 0.1) is 10.6 Å².